The smallest absolute Gasteiger partial charge is 0.252 e. The standard InChI is InChI=1S/C16H19ClFNO3/c1-9-16(21)19(14(7-20)10-2-3-10)15(8-22-9)11-4-5-12(17)13(18)6-11/h4-6,9-10,14-15,20H,2-3,7-8H2,1H3/t9?,14?,15-/m0/s1. The summed E-state index contributed by atoms with van der Waals surface area (Å²) in [5.41, 5.74) is 0.640. The fourth-order valence-corrected chi connectivity index (χ4v) is 3.18. The third-order valence-corrected chi connectivity index (χ3v) is 4.79. The number of nitrogens with zero attached hydrogens (tertiary/aromatic N) is 1. The molecule has 1 amide bonds. The van der Waals surface area contributed by atoms with E-state index >= 15 is 0 Å². The molecule has 6 heteroatoms. The zero-order chi connectivity index (χ0) is 15.9. The monoisotopic (exact) mass is 327 g/mol. The third kappa shape index (κ3) is 2.85. The minimum atomic E-state index is -0.541. The van der Waals surface area contributed by atoms with Crippen LogP contribution in [0.15, 0.2) is 18.2 Å². The highest BCUT2D eigenvalue weighted by molar-refractivity contribution is 6.30. The van der Waals surface area contributed by atoms with Gasteiger partial charge in [-0.3, -0.25) is 4.79 Å². The second kappa shape index (κ2) is 6.14. The van der Waals surface area contributed by atoms with Crippen molar-refractivity contribution in [2.24, 2.45) is 5.92 Å². The number of carbonyl (C=O) groups excluding carboxylic acids is 1. The average molecular weight is 328 g/mol. The Morgan fingerprint density at radius 3 is 2.82 bits per heavy atom. The molecule has 3 rings (SSSR count). The van der Waals surface area contributed by atoms with Crippen LogP contribution in [0, 0.1) is 11.7 Å². The Bertz CT molecular complexity index is 579. The summed E-state index contributed by atoms with van der Waals surface area (Å²) in [6, 6.07) is 3.90. The Kier molecular flexibility index (Phi) is 4.39. The zero-order valence-corrected chi connectivity index (χ0v) is 13.1. The third-order valence-electron chi connectivity index (χ3n) is 4.48. The first-order valence-electron chi connectivity index (χ1n) is 7.52. The maximum Gasteiger partial charge on any atom is 0.252 e. The van der Waals surface area contributed by atoms with Crippen molar-refractivity contribution in [3.05, 3.63) is 34.6 Å². The van der Waals surface area contributed by atoms with Crippen LogP contribution in [0.3, 0.4) is 0 Å². The molecule has 4 nitrogen and oxygen atoms in total. The Balaban J connectivity index is 1.95. The minimum Gasteiger partial charge on any atom is -0.394 e. The Labute approximate surface area is 133 Å². The van der Waals surface area contributed by atoms with E-state index in [1.165, 1.54) is 12.1 Å². The summed E-state index contributed by atoms with van der Waals surface area (Å²) in [5.74, 6) is -0.353. The van der Waals surface area contributed by atoms with E-state index in [1.807, 2.05) is 0 Å². The first-order chi connectivity index (χ1) is 10.5. The normalized spacial score (nSPS) is 27.1. The van der Waals surface area contributed by atoms with Crippen LogP contribution >= 0.6 is 11.6 Å². The molecule has 0 aromatic heterocycles. The minimum absolute atomic E-state index is 0.0487. The highest BCUT2D eigenvalue weighted by atomic mass is 35.5. The molecule has 0 spiro atoms. The van der Waals surface area contributed by atoms with Gasteiger partial charge in [0.05, 0.1) is 30.3 Å². The van der Waals surface area contributed by atoms with Gasteiger partial charge in [0.1, 0.15) is 11.9 Å². The van der Waals surface area contributed by atoms with Crippen LogP contribution < -0.4 is 0 Å². The predicted octanol–water partition coefficient (Wildman–Crippen LogP) is 2.54. The van der Waals surface area contributed by atoms with E-state index in [2.05, 4.69) is 0 Å². The molecular formula is C16H19ClFNO3. The number of morpholine rings is 1. The van der Waals surface area contributed by atoms with Crippen molar-refractivity contribution in [1.29, 1.82) is 0 Å². The first kappa shape index (κ1) is 15.7. The molecule has 3 atom stereocenters. The first-order valence-corrected chi connectivity index (χ1v) is 7.90. The van der Waals surface area contributed by atoms with E-state index < -0.39 is 18.0 Å². The second-order valence-corrected chi connectivity index (χ2v) is 6.40. The zero-order valence-electron chi connectivity index (χ0n) is 12.3. The molecule has 2 unspecified atom stereocenters. The van der Waals surface area contributed by atoms with Crippen LogP contribution in [0.5, 0.6) is 0 Å². The average Bonchev–Trinajstić information content (AvgIpc) is 3.32. The fourth-order valence-electron chi connectivity index (χ4n) is 3.07. The van der Waals surface area contributed by atoms with Crippen LogP contribution in [-0.2, 0) is 9.53 Å². The number of rotatable bonds is 4. The van der Waals surface area contributed by atoms with Gasteiger partial charge in [0.15, 0.2) is 0 Å². The van der Waals surface area contributed by atoms with Crippen molar-refractivity contribution in [1.82, 2.24) is 4.90 Å². The summed E-state index contributed by atoms with van der Waals surface area (Å²) < 4.78 is 19.3. The molecule has 0 radical (unpaired) electrons. The number of aliphatic hydroxyl groups is 1. The lowest BCUT2D eigenvalue weighted by atomic mass is 9.99. The van der Waals surface area contributed by atoms with Crippen molar-refractivity contribution in [2.75, 3.05) is 13.2 Å². The van der Waals surface area contributed by atoms with Crippen LogP contribution in [0.1, 0.15) is 31.4 Å². The second-order valence-electron chi connectivity index (χ2n) is 6.00. The molecule has 1 aromatic carbocycles. The molecule has 0 bridgehead atoms. The van der Waals surface area contributed by atoms with Gasteiger partial charge in [-0.25, -0.2) is 4.39 Å². The molecule has 2 aliphatic rings. The van der Waals surface area contributed by atoms with E-state index in [9.17, 15) is 14.3 Å². The van der Waals surface area contributed by atoms with Crippen molar-refractivity contribution < 1.29 is 19.0 Å². The van der Waals surface area contributed by atoms with Crippen LogP contribution in [0.2, 0.25) is 5.02 Å². The van der Waals surface area contributed by atoms with Crippen LogP contribution in [0.25, 0.3) is 0 Å². The molecule has 1 saturated heterocycles. The molecule has 22 heavy (non-hydrogen) atoms. The van der Waals surface area contributed by atoms with Gasteiger partial charge < -0.3 is 14.7 Å². The van der Waals surface area contributed by atoms with Gasteiger partial charge in [0, 0.05) is 0 Å². The number of halogens is 2. The molecule has 1 heterocycles. The van der Waals surface area contributed by atoms with Gasteiger partial charge in [-0.15, -0.1) is 0 Å². The van der Waals surface area contributed by atoms with Gasteiger partial charge in [-0.2, -0.15) is 0 Å². The predicted molar refractivity (Wildman–Crippen MR) is 80.0 cm³/mol. The SMILES string of the molecule is CC1OC[C@@H](c2ccc(Cl)c(F)c2)N(C(CO)C2CC2)C1=O. The Morgan fingerprint density at radius 1 is 1.50 bits per heavy atom. The van der Waals surface area contributed by atoms with E-state index in [0.717, 1.165) is 12.8 Å². The summed E-state index contributed by atoms with van der Waals surface area (Å²) in [5, 5.41) is 9.77. The Hall–Kier alpha value is -1.17. The van der Waals surface area contributed by atoms with E-state index in [-0.39, 0.29) is 30.2 Å². The molecule has 1 aliphatic heterocycles. The highest BCUT2D eigenvalue weighted by Crippen LogP contribution is 2.40. The topological polar surface area (TPSA) is 49.8 Å². The molecule has 2 fully saturated rings. The van der Waals surface area contributed by atoms with E-state index in [4.69, 9.17) is 16.3 Å². The quantitative estimate of drug-likeness (QED) is 0.924. The van der Waals surface area contributed by atoms with Gasteiger partial charge in [-0.05, 0) is 43.4 Å². The molecule has 1 aromatic rings. The van der Waals surface area contributed by atoms with E-state index in [1.54, 1.807) is 17.9 Å². The number of aliphatic hydroxyl groups excluding tert-OH is 1. The summed E-state index contributed by atoms with van der Waals surface area (Å²) in [7, 11) is 0. The van der Waals surface area contributed by atoms with Gasteiger partial charge >= 0.3 is 0 Å². The number of hydrogen-bond donors (Lipinski definition) is 1. The molecular weight excluding hydrogens is 309 g/mol. The summed E-state index contributed by atoms with van der Waals surface area (Å²) in [6.07, 6.45) is 1.47. The number of benzene rings is 1. The van der Waals surface area contributed by atoms with E-state index in [0.29, 0.717) is 11.5 Å². The van der Waals surface area contributed by atoms with Crippen molar-refractivity contribution in [3.8, 4) is 0 Å². The number of amides is 1. The van der Waals surface area contributed by atoms with Gasteiger partial charge in [-0.1, -0.05) is 17.7 Å². The van der Waals surface area contributed by atoms with Crippen molar-refractivity contribution in [2.45, 2.75) is 38.0 Å². The number of hydrogen-bond acceptors (Lipinski definition) is 3. The maximum atomic E-state index is 13.8. The number of ether oxygens (including phenoxy) is 1. The Morgan fingerprint density at radius 2 is 2.23 bits per heavy atom. The summed E-state index contributed by atoms with van der Waals surface area (Å²) >= 11 is 5.73. The molecule has 1 saturated carbocycles. The van der Waals surface area contributed by atoms with Gasteiger partial charge in [0.2, 0.25) is 0 Å². The summed E-state index contributed by atoms with van der Waals surface area (Å²) in [6.45, 7) is 1.90. The van der Waals surface area contributed by atoms with Crippen LogP contribution in [-0.4, -0.2) is 41.3 Å². The van der Waals surface area contributed by atoms with Crippen molar-refractivity contribution in [3.63, 3.8) is 0 Å². The lowest BCUT2D eigenvalue weighted by Crippen LogP contribution is -2.54. The highest BCUT2D eigenvalue weighted by Gasteiger charge is 2.44. The molecule has 1 N–H and O–H groups in total. The van der Waals surface area contributed by atoms with Gasteiger partial charge in [0.25, 0.3) is 5.91 Å². The molecule has 1 aliphatic carbocycles. The maximum absolute atomic E-state index is 13.8. The molecule has 120 valence electrons. The largest absolute Gasteiger partial charge is 0.394 e. The van der Waals surface area contributed by atoms with Crippen molar-refractivity contribution >= 4 is 17.5 Å². The lowest BCUT2D eigenvalue weighted by Gasteiger charge is -2.43. The van der Waals surface area contributed by atoms with Crippen LogP contribution in [0.4, 0.5) is 4.39 Å². The lowest BCUT2D eigenvalue weighted by molar-refractivity contribution is -0.164. The fraction of sp³-hybridized carbons (Fsp3) is 0.562. The summed E-state index contributed by atoms with van der Waals surface area (Å²) in [4.78, 5) is 14.3. The number of carbonyl (C=O) groups is 1.